The minimum absolute atomic E-state index is 0.101. The Morgan fingerprint density at radius 3 is 2.34 bits per heavy atom. The Kier molecular flexibility index (Phi) is 10.9. The Morgan fingerprint density at radius 1 is 1.07 bits per heavy atom. The molecule has 1 aromatic carbocycles. The molecule has 3 saturated heterocycles. The predicted molar refractivity (Wildman–Crippen MR) is 171 cm³/mol. The maximum absolute atomic E-state index is 14.7. The first kappa shape index (κ1) is 33.7. The van der Waals surface area contributed by atoms with Crippen LogP contribution >= 0.6 is 0 Å². The van der Waals surface area contributed by atoms with Crippen molar-refractivity contribution in [3.05, 3.63) is 49.6 Å². The van der Waals surface area contributed by atoms with Gasteiger partial charge < -0.3 is 29.3 Å². The maximum Gasteiger partial charge on any atom is 0.248 e. The van der Waals surface area contributed by atoms with Crippen LogP contribution < -0.4 is 9.64 Å². The molecule has 0 aliphatic carbocycles. The molecule has 3 aliphatic rings. The van der Waals surface area contributed by atoms with Crippen LogP contribution in [0.5, 0.6) is 5.75 Å². The number of nitrogens with zero attached hydrogens (tertiary/aromatic N) is 3. The third kappa shape index (κ3) is 5.93. The van der Waals surface area contributed by atoms with Crippen LogP contribution in [0.2, 0.25) is 0 Å². The van der Waals surface area contributed by atoms with E-state index in [1.165, 1.54) is 0 Å². The molecule has 9 heteroatoms. The fourth-order valence-electron chi connectivity index (χ4n) is 7.72. The second-order valence-corrected chi connectivity index (χ2v) is 12.5. The van der Waals surface area contributed by atoms with E-state index in [0.29, 0.717) is 63.2 Å². The number of likely N-dealkylation sites (tertiary alicyclic amines) is 1. The lowest BCUT2D eigenvalue weighted by Crippen LogP contribution is -2.57. The molecular weight excluding hydrogens is 558 g/mol. The van der Waals surface area contributed by atoms with E-state index in [1.807, 2.05) is 52.0 Å². The lowest BCUT2D eigenvalue weighted by Gasteiger charge is -2.38. The molecule has 242 valence electrons. The van der Waals surface area contributed by atoms with Crippen LogP contribution in [0, 0.1) is 11.8 Å². The van der Waals surface area contributed by atoms with Crippen LogP contribution in [0.3, 0.4) is 0 Å². The van der Waals surface area contributed by atoms with Gasteiger partial charge in [-0.15, -0.1) is 13.2 Å². The summed E-state index contributed by atoms with van der Waals surface area (Å²) in [5.74, 6) is -1.29. The quantitative estimate of drug-likeness (QED) is 0.203. The van der Waals surface area contributed by atoms with Gasteiger partial charge >= 0.3 is 0 Å². The van der Waals surface area contributed by atoms with Gasteiger partial charge in [-0.05, 0) is 77.1 Å². The zero-order valence-corrected chi connectivity index (χ0v) is 27.0. The van der Waals surface area contributed by atoms with Gasteiger partial charge in [-0.3, -0.25) is 14.4 Å². The van der Waals surface area contributed by atoms with E-state index in [9.17, 15) is 19.5 Å². The van der Waals surface area contributed by atoms with Gasteiger partial charge in [0.2, 0.25) is 17.7 Å². The monoisotopic (exact) mass is 609 g/mol. The number of carbonyl (C=O) groups is 3. The smallest absolute Gasteiger partial charge is 0.248 e. The molecule has 2 unspecified atom stereocenters. The van der Waals surface area contributed by atoms with Crippen molar-refractivity contribution in [1.29, 1.82) is 0 Å². The van der Waals surface area contributed by atoms with E-state index in [4.69, 9.17) is 9.47 Å². The summed E-state index contributed by atoms with van der Waals surface area (Å²) in [6.07, 6.45) is 8.18. The number of carbonyl (C=O) groups excluding carboxylic acids is 3. The Hall–Kier alpha value is -3.17. The van der Waals surface area contributed by atoms with E-state index >= 15 is 0 Å². The summed E-state index contributed by atoms with van der Waals surface area (Å²) in [6, 6.07) is 6.47. The molecule has 0 radical (unpaired) electrons. The highest BCUT2D eigenvalue weighted by Gasteiger charge is 2.79. The minimum Gasteiger partial charge on any atom is -0.494 e. The number of rotatable bonds is 17. The SMILES string of the molecule is C=CCN(C(=O)[C@H]1[C@H]2C(=O)N(CCCCCCO)C(C(=O)N(CC=C)C(C)C)C23CC[C@]1(CC)O3)c1ccc(OCC)cc1. The lowest BCUT2D eigenvalue weighted by atomic mass is 9.64. The van der Waals surface area contributed by atoms with Gasteiger partial charge in [0.25, 0.3) is 0 Å². The van der Waals surface area contributed by atoms with Gasteiger partial charge in [0.05, 0.1) is 24.0 Å². The Balaban J connectivity index is 1.76. The number of unbranched alkanes of at least 4 members (excludes halogenated alkanes) is 3. The standard InChI is InChI=1S/C35H51N3O6/c1-7-21-36(25(5)6)33(42)30-35-20-19-34(9-3,44-35)28(29(35)32(41)38(30)23-13-11-12-14-24-39)31(40)37(22-8-2)26-15-17-27(18-16-26)43-10-4/h7-8,15-18,25,28-30,39H,1-2,9-14,19-24H2,3-6H3/t28-,29+,30?,34+,35?/m1/s1. The number of ether oxygens (including phenoxy) is 2. The molecule has 3 aliphatic heterocycles. The van der Waals surface area contributed by atoms with E-state index < -0.39 is 29.1 Å². The predicted octanol–water partition coefficient (Wildman–Crippen LogP) is 4.73. The zero-order valence-electron chi connectivity index (χ0n) is 27.0. The van der Waals surface area contributed by atoms with Gasteiger partial charge in [-0.2, -0.15) is 0 Å². The summed E-state index contributed by atoms with van der Waals surface area (Å²) in [6.45, 7) is 17.3. The van der Waals surface area contributed by atoms with Crippen LogP contribution in [-0.2, 0) is 19.1 Å². The van der Waals surface area contributed by atoms with Crippen molar-refractivity contribution in [1.82, 2.24) is 9.80 Å². The van der Waals surface area contributed by atoms with Crippen LogP contribution in [0.4, 0.5) is 5.69 Å². The van der Waals surface area contributed by atoms with Crippen LogP contribution in [0.25, 0.3) is 0 Å². The summed E-state index contributed by atoms with van der Waals surface area (Å²) in [5, 5.41) is 9.22. The van der Waals surface area contributed by atoms with Gasteiger partial charge in [-0.25, -0.2) is 0 Å². The summed E-state index contributed by atoms with van der Waals surface area (Å²) in [7, 11) is 0. The molecule has 3 heterocycles. The van der Waals surface area contributed by atoms with E-state index in [2.05, 4.69) is 13.2 Å². The molecule has 2 bridgehead atoms. The van der Waals surface area contributed by atoms with Crippen molar-refractivity contribution in [2.24, 2.45) is 11.8 Å². The van der Waals surface area contributed by atoms with Crippen molar-refractivity contribution in [2.75, 3.05) is 37.7 Å². The molecule has 44 heavy (non-hydrogen) atoms. The summed E-state index contributed by atoms with van der Waals surface area (Å²) < 4.78 is 12.6. The average Bonchev–Trinajstić information content (AvgIpc) is 3.62. The molecule has 9 nitrogen and oxygen atoms in total. The van der Waals surface area contributed by atoms with Crippen LogP contribution in [0.15, 0.2) is 49.6 Å². The minimum atomic E-state index is -1.08. The number of anilines is 1. The Morgan fingerprint density at radius 2 is 1.75 bits per heavy atom. The first-order valence-corrected chi connectivity index (χ1v) is 16.3. The lowest BCUT2D eigenvalue weighted by molar-refractivity contribution is -0.153. The number of amides is 3. The molecule has 0 saturated carbocycles. The topological polar surface area (TPSA) is 99.6 Å². The summed E-state index contributed by atoms with van der Waals surface area (Å²) in [5.41, 5.74) is -1.23. The molecule has 1 N–H and O–H groups in total. The van der Waals surface area contributed by atoms with Crippen molar-refractivity contribution in [3.8, 4) is 5.75 Å². The van der Waals surface area contributed by atoms with Gasteiger partial charge in [0, 0.05) is 38.0 Å². The highest BCUT2D eigenvalue weighted by molar-refractivity contribution is 6.03. The molecule has 1 spiro atoms. The summed E-state index contributed by atoms with van der Waals surface area (Å²) in [4.78, 5) is 48.9. The molecule has 4 rings (SSSR count). The highest BCUT2D eigenvalue weighted by Crippen LogP contribution is 2.64. The first-order valence-electron chi connectivity index (χ1n) is 16.3. The normalized spacial score (nSPS) is 27.0. The number of hydrogen-bond donors (Lipinski definition) is 1. The van der Waals surface area contributed by atoms with Crippen molar-refractivity contribution in [3.63, 3.8) is 0 Å². The number of aliphatic hydroxyl groups excluding tert-OH is 1. The van der Waals surface area contributed by atoms with Gasteiger partial charge in [0.15, 0.2) is 0 Å². The van der Waals surface area contributed by atoms with Crippen molar-refractivity contribution in [2.45, 2.75) is 95.9 Å². The molecule has 1 aromatic rings. The third-order valence-corrected chi connectivity index (χ3v) is 9.76. The molecular formula is C35H51N3O6. The number of aliphatic hydroxyl groups is 1. The Bertz CT molecular complexity index is 1200. The maximum atomic E-state index is 14.7. The fraction of sp³-hybridized carbons (Fsp3) is 0.629. The first-order chi connectivity index (χ1) is 21.2. The number of hydrogen-bond acceptors (Lipinski definition) is 6. The van der Waals surface area contributed by atoms with E-state index in [1.54, 1.807) is 26.9 Å². The third-order valence-electron chi connectivity index (χ3n) is 9.76. The molecule has 0 aromatic heterocycles. The van der Waals surface area contributed by atoms with E-state index in [-0.39, 0.29) is 36.9 Å². The average molecular weight is 610 g/mol. The number of fused-ring (bicyclic) bond motifs is 1. The highest BCUT2D eigenvalue weighted by atomic mass is 16.5. The summed E-state index contributed by atoms with van der Waals surface area (Å²) >= 11 is 0. The van der Waals surface area contributed by atoms with Crippen molar-refractivity contribution < 1.29 is 29.0 Å². The second-order valence-electron chi connectivity index (χ2n) is 12.5. The van der Waals surface area contributed by atoms with Crippen LogP contribution in [0.1, 0.15) is 72.6 Å². The second kappa shape index (κ2) is 14.3. The van der Waals surface area contributed by atoms with Crippen molar-refractivity contribution >= 4 is 23.4 Å². The number of benzene rings is 1. The zero-order chi connectivity index (χ0) is 32.1. The molecule has 5 atom stereocenters. The van der Waals surface area contributed by atoms with E-state index in [0.717, 1.165) is 12.8 Å². The molecule has 3 amide bonds. The molecule has 3 fully saturated rings. The fourth-order valence-corrected chi connectivity index (χ4v) is 7.72. The Labute approximate surface area is 262 Å². The van der Waals surface area contributed by atoms with Crippen LogP contribution in [-0.4, -0.2) is 88.8 Å². The van der Waals surface area contributed by atoms with Gasteiger partial charge in [-0.1, -0.05) is 31.9 Å². The largest absolute Gasteiger partial charge is 0.494 e. The van der Waals surface area contributed by atoms with Gasteiger partial charge in [0.1, 0.15) is 17.4 Å².